The van der Waals surface area contributed by atoms with Crippen molar-refractivity contribution in [3.05, 3.63) is 128 Å². The van der Waals surface area contributed by atoms with E-state index in [2.05, 4.69) is 63.9 Å². The van der Waals surface area contributed by atoms with Crippen LogP contribution in [0.25, 0.3) is 22.5 Å². The highest BCUT2D eigenvalue weighted by Gasteiger charge is 2.34. The number of aryl methyl sites for hydroxylation is 5. The average Bonchev–Trinajstić information content (AvgIpc) is 3.95. The fourth-order valence-electron chi connectivity index (χ4n) is 8.18. The fraction of sp³-hybridized carbons (Fsp3) is 0.362. The van der Waals surface area contributed by atoms with Crippen LogP contribution in [0, 0.1) is 62.3 Å². The third-order valence-electron chi connectivity index (χ3n) is 12.3. The molecule has 10 nitrogen and oxygen atoms in total. The van der Waals surface area contributed by atoms with E-state index in [0.29, 0.717) is 62.1 Å². The van der Waals surface area contributed by atoms with Crippen LogP contribution < -0.4 is 9.80 Å². The van der Waals surface area contributed by atoms with E-state index >= 15 is 0 Å². The molecule has 2 aliphatic heterocycles. The van der Waals surface area contributed by atoms with E-state index in [-0.39, 0.29) is 0 Å². The van der Waals surface area contributed by atoms with Gasteiger partial charge >= 0.3 is 0 Å². The van der Waals surface area contributed by atoms with Gasteiger partial charge in [-0.15, -0.1) is 22.7 Å². The molecule has 2 aromatic heterocycles. The van der Waals surface area contributed by atoms with Crippen LogP contribution in [0.5, 0.6) is 0 Å². The van der Waals surface area contributed by atoms with Crippen LogP contribution in [0.4, 0.5) is 10.3 Å². The zero-order valence-electron chi connectivity index (χ0n) is 36.6. The standard InChI is InChI=1S/C24H29N3O2S2.C23H27N3O2S2/c1-16-8-6-7-9-21(16)22-15-30-24(25-22)26-10-12-27(13-11-26)31(28,29)23-19(4)17(2)14-18(3)20(23)5;1-16-14-17(2)19(4)22(18(16)3)30(27,28)26-12-10-25(11-13-26)23-24-21(15-29-23)20-8-6-5-7-9-20/h6-9,14-15H,10-13H2,1-5H3;5-9,14-15H,10-13H2,1-4H3. The van der Waals surface area contributed by atoms with Crippen molar-refractivity contribution in [1.29, 1.82) is 0 Å². The smallest absolute Gasteiger partial charge is 0.243 e. The van der Waals surface area contributed by atoms with Gasteiger partial charge in [0.25, 0.3) is 0 Å². The van der Waals surface area contributed by atoms with Gasteiger partial charge in [-0.1, -0.05) is 66.7 Å². The summed E-state index contributed by atoms with van der Waals surface area (Å²) in [6.07, 6.45) is 0. The summed E-state index contributed by atoms with van der Waals surface area (Å²) in [6, 6.07) is 22.5. The molecule has 2 fully saturated rings. The predicted molar refractivity (Wildman–Crippen MR) is 253 cm³/mol. The monoisotopic (exact) mass is 896 g/mol. The Balaban J connectivity index is 0.000000184. The first-order chi connectivity index (χ1) is 29.0. The average molecular weight is 897 g/mol. The third-order valence-corrected chi connectivity index (χ3v) is 18.4. The Morgan fingerprint density at radius 3 is 1.26 bits per heavy atom. The Labute approximate surface area is 370 Å². The Bertz CT molecular complexity index is 2710. The van der Waals surface area contributed by atoms with Gasteiger partial charge in [-0.2, -0.15) is 8.61 Å². The van der Waals surface area contributed by atoms with Crippen LogP contribution in [0.1, 0.15) is 50.1 Å². The van der Waals surface area contributed by atoms with E-state index in [4.69, 9.17) is 9.97 Å². The van der Waals surface area contributed by atoms with Crippen LogP contribution in [-0.2, 0) is 20.0 Å². The molecule has 0 bridgehead atoms. The second-order valence-corrected chi connectivity index (χ2v) is 21.6. The molecule has 6 aromatic rings. The molecule has 2 saturated heterocycles. The molecule has 322 valence electrons. The summed E-state index contributed by atoms with van der Waals surface area (Å²) in [7, 11) is -7.05. The molecule has 61 heavy (non-hydrogen) atoms. The highest BCUT2D eigenvalue weighted by Crippen LogP contribution is 2.34. The van der Waals surface area contributed by atoms with Gasteiger partial charge in [0.15, 0.2) is 10.3 Å². The second kappa shape index (κ2) is 18.1. The molecule has 0 amide bonds. The molecule has 8 rings (SSSR count). The summed E-state index contributed by atoms with van der Waals surface area (Å²) in [5.74, 6) is 0. The van der Waals surface area contributed by atoms with Crippen LogP contribution in [-0.4, -0.2) is 87.8 Å². The number of thiazole rings is 2. The minimum absolute atomic E-state index is 0.466. The molecule has 0 atom stereocenters. The van der Waals surface area contributed by atoms with E-state index in [1.165, 1.54) is 5.56 Å². The van der Waals surface area contributed by atoms with Crippen LogP contribution in [0.15, 0.2) is 87.3 Å². The predicted octanol–water partition coefficient (Wildman–Crippen LogP) is 9.42. The van der Waals surface area contributed by atoms with Crippen molar-refractivity contribution in [3.8, 4) is 22.5 Å². The van der Waals surface area contributed by atoms with E-state index in [1.807, 2.05) is 85.7 Å². The molecule has 0 spiro atoms. The number of anilines is 2. The maximum Gasteiger partial charge on any atom is 0.243 e. The van der Waals surface area contributed by atoms with Gasteiger partial charge in [-0.3, -0.25) is 0 Å². The van der Waals surface area contributed by atoms with Crippen LogP contribution in [0.3, 0.4) is 0 Å². The Hall–Kier alpha value is -4.44. The largest absolute Gasteiger partial charge is 0.345 e. The number of aromatic nitrogens is 2. The first-order valence-electron chi connectivity index (χ1n) is 20.7. The topological polar surface area (TPSA) is 107 Å². The Morgan fingerprint density at radius 2 is 0.836 bits per heavy atom. The number of rotatable bonds is 8. The molecule has 4 heterocycles. The highest BCUT2D eigenvalue weighted by molar-refractivity contribution is 7.89. The summed E-state index contributed by atoms with van der Waals surface area (Å²) in [5, 5.41) is 6.05. The van der Waals surface area contributed by atoms with Crippen molar-refractivity contribution in [2.24, 2.45) is 0 Å². The molecule has 0 radical (unpaired) electrons. The van der Waals surface area contributed by atoms with Gasteiger partial charge in [-0.05, 0) is 112 Å². The van der Waals surface area contributed by atoms with Crippen LogP contribution >= 0.6 is 22.7 Å². The van der Waals surface area contributed by atoms with Crippen molar-refractivity contribution < 1.29 is 16.8 Å². The summed E-state index contributed by atoms with van der Waals surface area (Å²) in [5.41, 5.74) is 12.9. The normalized spacial score (nSPS) is 15.5. The number of hydrogen-bond donors (Lipinski definition) is 0. The highest BCUT2D eigenvalue weighted by atomic mass is 32.2. The van der Waals surface area contributed by atoms with E-state index in [9.17, 15) is 16.8 Å². The van der Waals surface area contributed by atoms with Crippen molar-refractivity contribution in [1.82, 2.24) is 18.6 Å². The lowest BCUT2D eigenvalue weighted by Gasteiger charge is -2.34. The van der Waals surface area contributed by atoms with E-state index in [0.717, 1.165) is 77.3 Å². The maximum atomic E-state index is 13.5. The fourth-order valence-corrected chi connectivity index (χ4v) is 13.9. The Morgan fingerprint density at radius 1 is 0.459 bits per heavy atom. The lowest BCUT2D eigenvalue weighted by atomic mass is 10.0. The summed E-state index contributed by atoms with van der Waals surface area (Å²) >= 11 is 3.23. The lowest BCUT2D eigenvalue weighted by molar-refractivity contribution is 0.384. The number of benzene rings is 4. The maximum absolute atomic E-state index is 13.5. The van der Waals surface area contributed by atoms with E-state index in [1.54, 1.807) is 31.3 Å². The first kappa shape index (κ1) is 44.6. The zero-order valence-corrected chi connectivity index (χ0v) is 39.9. The van der Waals surface area contributed by atoms with E-state index < -0.39 is 20.0 Å². The number of hydrogen-bond acceptors (Lipinski definition) is 10. The summed E-state index contributed by atoms with van der Waals surface area (Å²) in [6.45, 7) is 22.1. The molecule has 0 N–H and O–H groups in total. The minimum Gasteiger partial charge on any atom is -0.345 e. The van der Waals surface area contributed by atoms with Crippen molar-refractivity contribution in [2.45, 2.75) is 72.1 Å². The SMILES string of the molecule is Cc1cc(C)c(C)c(S(=O)(=O)N2CCN(c3nc(-c4ccccc4)cs3)CC2)c1C.Cc1ccccc1-c1csc(N2CCN(S(=O)(=O)c3c(C)c(C)cc(C)c3C)CC2)n1. The molecule has 0 unspecified atom stereocenters. The van der Waals surface area contributed by atoms with Gasteiger partial charge in [0.05, 0.1) is 21.2 Å². The van der Waals surface area contributed by atoms with Gasteiger partial charge < -0.3 is 9.80 Å². The molecule has 4 aromatic carbocycles. The quantitative estimate of drug-likeness (QED) is 0.149. The zero-order chi connectivity index (χ0) is 43.8. The first-order valence-corrected chi connectivity index (χ1v) is 25.3. The van der Waals surface area contributed by atoms with Gasteiger partial charge in [0, 0.05) is 74.2 Å². The van der Waals surface area contributed by atoms with Crippen LogP contribution in [0.2, 0.25) is 0 Å². The molecular weight excluding hydrogens is 841 g/mol. The number of nitrogens with zero attached hydrogens (tertiary/aromatic N) is 6. The number of piperazine rings is 2. The molecular formula is C47H56N6O4S4. The Kier molecular flexibility index (Phi) is 13.2. The van der Waals surface area contributed by atoms with Crippen molar-refractivity contribution in [3.63, 3.8) is 0 Å². The van der Waals surface area contributed by atoms with Gasteiger partial charge in [-0.25, -0.2) is 26.8 Å². The number of sulfonamides is 2. The van der Waals surface area contributed by atoms with Gasteiger partial charge in [0.1, 0.15) is 0 Å². The summed E-state index contributed by atoms with van der Waals surface area (Å²) in [4.78, 5) is 15.0. The summed E-state index contributed by atoms with van der Waals surface area (Å²) < 4.78 is 57.2. The lowest BCUT2D eigenvalue weighted by Crippen LogP contribution is -2.49. The molecule has 2 aliphatic rings. The molecule has 14 heteroatoms. The van der Waals surface area contributed by atoms with Gasteiger partial charge in [0.2, 0.25) is 20.0 Å². The molecule has 0 aliphatic carbocycles. The minimum atomic E-state index is -3.53. The third kappa shape index (κ3) is 9.07. The molecule has 0 saturated carbocycles. The van der Waals surface area contributed by atoms with Crippen molar-refractivity contribution in [2.75, 3.05) is 62.2 Å². The second-order valence-electron chi connectivity index (χ2n) is 16.2. The van der Waals surface area contributed by atoms with Crippen molar-refractivity contribution >= 4 is 53.0 Å².